The predicted molar refractivity (Wildman–Crippen MR) is 147 cm³/mol. The first kappa shape index (κ1) is 24.6. The van der Waals surface area contributed by atoms with Crippen molar-refractivity contribution in [3.05, 3.63) is 83.7 Å². The minimum Gasteiger partial charge on any atom is -0.487 e. The molecule has 1 aliphatic carbocycles. The van der Waals surface area contributed by atoms with Crippen LogP contribution in [0.15, 0.2) is 66.9 Å². The van der Waals surface area contributed by atoms with Crippen molar-refractivity contribution in [3.8, 4) is 16.9 Å². The number of rotatable bonds is 7. The van der Waals surface area contributed by atoms with Crippen LogP contribution in [0.2, 0.25) is 0 Å². The van der Waals surface area contributed by atoms with Gasteiger partial charge in [-0.05, 0) is 97.9 Å². The summed E-state index contributed by atoms with van der Waals surface area (Å²) in [6, 6.07) is 20.5. The van der Waals surface area contributed by atoms with Crippen LogP contribution in [0.25, 0.3) is 11.1 Å². The summed E-state index contributed by atoms with van der Waals surface area (Å²) in [4.78, 5) is 6.83. The van der Waals surface area contributed by atoms with E-state index in [9.17, 15) is 8.42 Å². The highest BCUT2D eigenvalue weighted by atomic mass is 32.2. The molecule has 194 valence electrons. The molecule has 1 atom stereocenters. The number of hydrogen-bond acceptors (Lipinski definition) is 5. The van der Waals surface area contributed by atoms with Crippen LogP contribution in [-0.4, -0.2) is 43.0 Å². The fourth-order valence-corrected chi connectivity index (χ4v) is 7.50. The Labute approximate surface area is 220 Å². The van der Waals surface area contributed by atoms with Crippen molar-refractivity contribution in [2.24, 2.45) is 5.92 Å². The molecule has 2 aromatic carbocycles. The van der Waals surface area contributed by atoms with Gasteiger partial charge in [-0.1, -0.05) is 36.4 Å². The van der Waals surface area contributed by atoms with Gasteiger partial charge >= 0.3 is 0 Å². The van der Waals surface area contributed by atoms with Crippen molar-refractivity contribution in [3.63, 3.8) is 0 Å². The number of likely N-dealkylation sites (tertiary alicyclic amines) is 1. The summed E-state index contributed by atoms with van der Waals surface area (Å²) >= 11 is 0. The Morgan fingerprint density at radius 1 is 0.973 bits per heavy atom. The molecule has 6 heteroatoms. The van der Waals surface area contributed by atoms with Crippen LogP contribution < -0.4 is 4.74 Å². The van der Waals surface area contributed by atoms with Gasteiger partial charge in [-0.2, -0.15) is 0 Å². The molecule has 3 aliphatic rings. The molecule has 2 fully saturated rings. The molecule has 0 bridgehead atoms. The van der Waals surface area contributed by atoms with Gasteiger partial charge < -0.3 is 9.64 Å². The van der Waals surface area contributed by atoms with Crippen molar-refractivity contribution in [1.29, 1.82) is 0 Å². The highest BCUT2D eigenvalue weighted by molar-refractivity contribution is 7.89. The SMILES string of the molecule is CC(C1CC1)N1CCC2(CCc3cc(-c4ccc(CS(=O)(=O)Cc5ccccn5)cc4)ccc3O2)CC1. The predicted octanol–water partition coefficient (Wildman–Crippen LogP) is 5.82. The fourth-order valence-electron chi connectivity index (χ4n) is 6.08. The third-order valence-electron chi connectivity index (χ3n) is 8.59. The third-order valence-corrected chi connectivity index (χ3v) is 10.1. The van der Waals surface area contributed by atoms with E-state index in [1.54, 1.807) is 18.3 Å². The van der Waals surface area contributed by atoms with E-state index >= 15 is 0 Å². The van der Waals surface area contributed by atoms with Crippen LogP contribution in [0.1, 0.15) is 55.8 Å². The molecule has 37 heavy (non-hydrogen) atoms. The second-order valence-corrected chi connectivity index (χ2v) is 13.3. The number of piperidine rings is 1. The van der Waals surface area contributed by atoms with E-state index in [1.807, 2.05) is 30.3 Å². The van der Waals surface area contributed by atoms with Crippen LogP contribution in [0.3, 0.4) is 0 Å². The van der Waals surface area contributed by atoms with Crippen molar-refractivity contribution in [2.75, 3.05) is 13.1 Å². The Morgan fingerprint density at radius 2 is 1.73 bits per heavy atom. The number of ether oxygens (including phenoxy) is 1. The first-order valence-corrected chi connectivity index (χ1v) is 15.5. The van der Waals surface area contributed by atoms with Crippen LogP contribution in [0.5, 0.6) is 5.75 Å². The Hall–Kier alpha value is -2.70. The van der Waals surface area contributed by atoms with Gasteiger partial charge in [-0.3, -0.25) is 4.98 Å². The van der Waals surface area contributed by atoms with Gasteiger partial charge in [0.15, 0.2) is 9.84 Å². The van der Waals surface area contributed by atoms with Crippen molar-refractivity contribution in [1.82, 2.24) is 9.88 Å². The molecule has 1 spiro atoms. The first-order valence-electron chi connectivity index (χ1n) is 13.6. The molecule has 0 N–H and O–H groups in total. The average Bonchev–Trinajstić information content (AvgIpc) is 3.75. The number of fused-ring (bicyclic) bond motifs is 1. The van der Waals surface area contributed by atoms with Gasteiger partial charge in [0, 0.05) is 25.3 Å². The van der Waals surface area contributed by atoms with E-state index in [0.29, 0.717) is 5.69 Å². The van der Waals surface area contributed by atoms with E-state index in [4.69, 9.17) is 4.74 Å². The number of hydrogen-bond donors (Lipinski definition) is 0. The molecule has 1 unspecified atom stereocenters. The molecule has 3 heterocycles. The quantitative estimate of drug-likeness (QED) is 0.396. The lowest BCUT2D eigenvalue weighted by atomic mass is 9.82. The molecule has 1 aromatic heterocycles. The highest BCUT2D eigenvalue weighted by Crippen LogP contribution is 2.43. The smallest absolute Gasteiger partial charge is 0.160 e. The molecule has 0 radical (unpaired) electrons. The lowest BCUT2D eigenvalue weighted by molar-refractivity contribution is -0.0249. The number of aryl methyl sites for hydroxylation is 1. The zero-order valence-electron chi connectivity index (χ0n) is 21.6. The average molecular weight is 517 g/mol. The highest BCUT2D eigenvalue weighted by Gasteiger charge is 2.42. The van der Waals surface area contributed by atoms with Crippen LogP contribution >= 0.6 is 0 Å². The summed E-state index contributed by atoms with van der Waals surface area (Å²) < 4.78 is 32.0. The number of nitrogens with zero attached hydrogens (tertiary/aromatic N) is 2. The summed E-state index contributed by atoms with van der Waals surface area (Å²) in [5.74, 6) is 1.93. The van der Waals surface area contributed by atoms with E-state index in [2.05, 4.69) is 35.0 Å². The maximum atomic E-state index is 12.6. The molecule has 5 nitrogen and oxygen atoms in total. The van der Waals surface area contributed by atoms with Crippen molar-refractivity contribution in [2.45, 2.75) is 68.6 Å². The van der Waals surface area contributed by atoms with Crippen LogP contribution in [0, 0.1) is 5.92 Å². The molecular formula is C31H36N2O3S. The number of benzene rings is 2. The van der Waals surface area contributed by atoms with E-state index < -0.39 is 9.84 Å². The van der Waals surface area contributed by atoms with Gasteiger partial charge in [-0.15, -0.1) is 0 Å². The maximum Gasteiger partial charge on any atom is 0.160 e. The Bertz CT molecular complexity index is 1340. The minimum atomic E-state index is -3.28. The first-order chi connectivity index (χ1) is 17.9. The number of sulfone groups is 1. The lowest BCUT2D eigenvalue weighted by Gasteiger charge is -2.46. The van der Waals surface area contributed by atoms with E-state index in [1.165, 1.54) is 18.4 Å². The standard InChI is InChI=1S/C31H36N2O3S/c1-23(25-9-10-25)33-18-15-31(16-19-33)14-13-28-20-27(11-12-30(28)36-31)26-7-5-24(6-8-26)21-37(34,35)22-29-4-2-3-17-32-29/h2-8,11-12,17,20,23,25H,9-10,13-16,18-19,21-22H2,1H3. The molecule has 6 rings (SSSR count). The summed E-state index contributed by atoms with van der Waals surface area (Å²) in [6.45, 7) is 4.70. The molecule has 0 amide bonds. The molecule has 1 saturated carbocycles. The second kappa shape index (κ2) is 9.88. The largest absolute Gasteiger partial charge is 0.487 e. The molecule has 3 aromatic rings. The van der Waals surface area contributed by atoms with Gasteiger partial charge in [0.2, 0.25) is 0 Å². The molecule has 1 saturated heterocycles. The minimum absolute atomic E-state index is 0.00328. The normalized spacial score (nSPS) is 20.2. The van der Waals surface area contributed by atoms with Crippen molar-refractivity contribution < 1.29 is 13.2 Å². The van der Waals surface area contributed by atoms with Gasteiger partial charge in [0.25, 0.3) is 0 Å². The van der Waals surface area contributed by atoms with Gasteiger partial charge in [0.05, 0.1) is 17.2 Å². The molecule has 2 aliphatic heterocycles. The fraction of sp³-hybridized carbons (Fsp3) is 0.452. The number of pyridine rings is 1. The maximum absolute atomic E-state index is 12.6. The summed E-state index contributed by atoms with van der Waals surface area (Å²) in [5, 5.41) is 0. The summed E-state index contributed by atoms with van der Waals surface area (Å²) in [5.41, 5.74) is 4.89. The van der Waals surface area contributed by atoms with Crippen molar-refractivity contribution >= 4 is 9.84 Å². The van der Waals surface area contributed by atoms with Crippen LogP contribution in [0.4, 0.5) is 0 Å². The third kappa shape index (κ3) is 5.60. The van der Waals surface area contributed by atoms with E-state index in [-0.39, 0.29) is 17.1 Å². The van der Waals surface area contributed by atoms with E-state index in [0.717, 1.165) is 73.2 Å². The Balaban J connectivity index is 1.09. The topological polar surface area (TPSA) is 59.5 Å². The zero-order chi connectivity index (χ0) is 25.5. The summed E-state index contributed by atoms with van der Waals surface area (Å²) in [7, 11) is -3.28. The monoisotopic (exact) mass is 516 g/mol. The lowest BCUT2D eigenvalue weighted by Crippen LogP contribution is -2.52. The molecular weight excluding hydrogens is 480 g/mol. The second-order valence-electron chi connectivity index (χ2n) is 11.3. The Morgan fingerprint density at radius 3 is 2.43 bits per heavy atom. The van der Waals surface area contributed by atoms with Crippen LogP contribution in [-0.2, 0) is 27.8 Å². The van der Waals surface area contributed by atoms with Gasteiger partial charge in [0.1, 0.15) is 11.4 Å². The number of aromatic nitrogens is 1. The summed E-state index contributed by atoms with van der Waals surface area (Å²) in [6.07, 6.45) is 8.81. The Kier molecular flexibility index (Phi) is 6.58. The van der Waals surface area contributed by atoms with Gasteiger partial charge in [-0.25, -0.2) is 8.42 Å². The zero-order valence-corrected chi connectivity index (χ0v) is 22.4.